The molecule has 0 aliphatic carbocycles. The van der Waals surface area contributed by atoms with Gasteiger partial charge < -0.3 is 0 Å². The van der Waals surface area contributed by atoms with Crippen molar-refractivity contribution in [1.82, 2.24) is 10.4 Å². The third-order valence-corrected chi connectivity index (χ3v) is 5.41. The van der Waals surface area contributed by atoms with E-state index in [2.05, 4.69) is 10.4 Å². The van der Waals surface area contributed by atoms with Crippen molar-refractivity contribution in [3.8, 4) is 0 Å². The molecule has 1 aliphatic rings. The third kappa shape index (κ3) is 3.57. The van der Waals surface area contributed by atoms with Gasteiger partial charge in [0.15, 0.2) is 0 Å². The lowest BCUT2D eigenvalue weighted by atomic mass is 9.99. The zero-order valence-corrected chi connectivity index (χ0v) is 15.7. The smallest absolute Gasteiger partial charge is 0.284 e. The van der Waals surface area contributed by atoms with Crippen molar-refractivity contribution in [2.45, 2.75) is 12.5 Å². The fourth-order valence-corrected chi connectivity index (χ4v) is 3.91. The Kier molecular flexibility index (Phi) is 4.89. The van der Waals surface area contributed by atoms with Crippen LogP contribution in [0.25, 0.3) is 0 Å². The second kappa shape index (κ2) is 7.48. The molecule has 27 heavy (non-hydrogen) atoms. The first-order valence-electron chi connectivity index (χ1n) is 8.30. The number of nitrogens with two attached hydrogens (primary N) is 1. The number of nitrogen functional groups attached to an aromatic ring is 1. The fourth-order valence-electron chi connectivity index (χ4n) is 2.98. The van der Waals surface area contributed by atoms with Crippen molar-refractivity contribution in [2.24, 2.45) is 10.9 Å². The lowest BCUT2D eigenvalue weighted by Gasteiger charge is -2.21. The number of benzene rings is 2. The van der Waals surface area contributed by atoms with Gasteiger partial charge in [0.2, 0.25) is 5.13 Å². The summed E-state index contributed by atoms with van der Waals surface area (Å²) in [5, 5.41) is 9.67. The van der Waals surface area contributed by atoms with Crippen molar-refractivity contribution in [1.29, 1.82) is 0 Å². The molecule has 1 atom stereocenters. The van der Waals surface area contributed by atoms with Crippen LogP contribution >= 0.6 is 22.9 Å². The monoisotopic (exact) mass is 397 g/mol. The van der Waals surface area contributed by atoms with Crippen LogP contribution in [0.2, 0.25) is 5.02 Å². The molecule has 0 radical (unpaired) electrons. The number of hydrazone groups is 1. The Morgan fingerprint density at radius 1 is 1.19 bits per heavy atom. The summed E-state index contributed by atoms with van der Waals surface area (Å²) in [4.78, 5) is 16.2. The molecule has 1 unspecified atom stereocenters. The van der Waals surface area contributed by atoms with Crippen LogP contribution in [0.15, 0.2) is 65.1 Å². The molecule has 136 valence electrons. The van der Waals surface area contributed by atoms with E-state index >= 15 is 0 Å². The van der Waals surface area contributed by atoms with Crippen LogP contribution in [0, 0.1) is 0 Å². The minimum atomic E-state index is -0.424. The minimum Gasteiger partial charge on any atom is -0.289 e. The Morgan fingerprint density at radius 3 is 2.63 bits per heavy atom. The number of carbonyl (C=O) groups excluding carboxylic acids is 1. The molecule has 6 nitrogen and oxygen atoms in total. The molecule has 3 aromatic rings. The molecular formula is C19H16ClN5OS. The lowest BCUT2D eigenvalue weighted by Crippen LogP contribution is -2.30. The van der Waals surface area contributed by atoms with Gasteiger partial charge >= 0.3 is 0 Å². The van der Waals surface area contributed by atoms with Crippen molar-refractivity contribution in [2.75, 3.05) is 5.01 Å². The summed E-state index contributed by atoms with van der Waals surface area (Å²) >= 11 is 7.40. The fraction of sp³-hybridized carbons (Fsp3) is 0.105. The zero-order chi connectivity index (χ0) is 18.8. The van der Waals surface area contributed by atoms with E-state index in [0.29, 0.717) is 10.2 Å². The number of aromatic nitrogens is 1. The van der Waals surface area contributed by atoms with E-state index in [1.54, 1.807) is 5.38 Å². The summed E-state index contributed by atoms with van der Waals surface area (Å²) in [5.41, 5.74) is 5.49. The summed E-state index contributed by atoms with van der Waals surface area (Å²) in [5.74, 6) is 4.78. The maximum Gasteiger partial charge on any atom is 0.284 e. The standard InChI is InChI=1S/C19H16ClN5OS/c20-14-8-6-13(7-9-14)17-10-15(12-4-2-1-3-5-12)24-25(17)19-22-16(11-27-19)18(26)23-21/h1-9,11,17H,10,21H2,(H,23,26). The normalized spacial score (nSPS) is 16.3. The number of hydrogen-bond donors (Lipinski definition) is 2. The number of halogens is 1. The third-order valence-electron chi connectivity index (χ3n) is 4.32. The number of thiazole rings is 1. The van der Waals surface area contributed by atoms with Crippen LogP contribution in [0.3, 0.4) is 0 Å². The Hall–Kier alpha value is -2.74. The molecule has 2 aromatic carbocycles. The first kappa shape index (κ1) is 17.7. The van der Waals surface area contributed by atoms with Gasteiger partial charge in [-0.15, -0.1) is 11.3 Å². The van der Waals surface area contributed by atoms with Crippen molar-refractivity contribution < 1.29 is 4.79 Å². The molecule has 0 saturated carbocycles. The van der Waals surface area contributed by atoms with E-state index in [-0.39, 0.29) is 11.7 Å². The van der Waals surface area contributed by atoms with Crippen LogP contribution in [0.4, 0.5) is 5.13 Å². The van der Waals surface area contributed by atoms with E-state index in [9.17, 15) is 4.79 Å². The maximum absolute atomic E-state index is 11.8. The Morgan fingerprint density at radius 2 is 1.93 bits per heavy atom. The second-order valence-corrected chi connectivity index (χ2v) is 7.29. The topological polar surface area (TPSA) is 83.6 Å². The number of carbonyl (C=O) groups is 1. The first-order chi connectivity index (χ1) is 13.2. The Bertz CT molecular complexity index is 987. The number of nitrogens with one attached hydrogen (secondary N) is 1. The van der Waals surface area contributed by atoms with Crippen LogP contribution in [0.5, 0.6) is 0 Å². The number of nitrogens with zero attached hydrogens (tertiary/aromatic N) is 3. The summed E-state index contributed by atoms with van der Waals surface area (Å²) in [6, 6.07) is 17.7. The van der Waals surface area contributed by atoms with E-state index in [1.807, 2.05) is 59.6 Å². The first-order valence-corrected chi connectivity index (χ1v) is 9.55. The van der Waals surface area contributed by atoms with Gasteiger partial charge in [0.1, 0.15) is 5.69 Å². The molecule has 1 amide bonds. The summed E-state index contributed by atoms with van der Waals surface area (Å²) < 4.78 is 0. The van der Waals surface area contributed by atoms with E-state index in [0.717, 1.165) is 23.3 Å². The molecule has 0 bridgehead atoms. The van der Waals surface area contributed by atoms with Crippen LogP contribution in [0.1, 0.15) is 34.1 Å². The van der Waals surface area contributed by atoms with Crippen LogP contribution in [-0.4, -0.2) is 16.6 Å². The highest BCUT2D eigenvalue weighted by atomic mass is 35.5. The largest absolute Gasteiger partial charge is 0.289 e. The second-order valence-electron chi connectivity index (χ2n) is 6.02. The van der Waals surface area contributed by atoms with Gasteiger partial charge in [0.05, 0.1) is 11.8 Å². The van der Waals surface area contributed by atoms with E-state index in [1.165, 1.54) is 11.3 Å². The predicted molar refractivity (Wildman–Crippen MR) is 108 cm³/mol. The Balaban J connectivity index is 1.73. The van der Waals surface area contributed by atoms with Crippen molar-refractivity contribution in [3.05, 3.63) is 81.8 Å². The number of hydrazine groups is 1. The molecule has 4 rings (SSSR count). The Labute approximate surface area is 165 Å². The lowest BCUT2D eigenvalue weighted by molar-refractivity contribution is 0.0949. The summed E-state index contributed by atoms with van der Waals surface area (Å²) in [7, 11) is 0. The molecule has 1 aromatic heterocycles. The minimum absolute atomic E-state index is 0.0302. The van der Waals surface area contributed by atoms with Crippen LogP contribution in [-0.2, 0) is 0 Å². The SMILES string of the molecule is NNC(=O)c1csc(N2N=C(c3ccccc3)CC2c2ccc(Cl)cc2)n1. The number of hydrogen-bond acceptors (Lipinski definition) is 6. The highest BCUT2D eigenvalue weighted by Gasteiger charge is 2.32. The van der Waals surface area contributed by atoms with Crippen molar-refractivity contribution in [3.63, 3.8) is 0 Å². The van der Waals surface area contributed by atoms with Gasteiger partial charge in [0, 0.05) is 16.8 Å². The number of anilines is 1. The average molecular weight is 398 g/mol. The van der Waals surface area contributed by atoms with Gasteiger partial charge in [-0.1, -0.05) is 54.1 Å². The maximum atomic E-state index is 11.8. The molecular weight excluding hydrogens is 382 g/mol. The highest BCUT2D eigenvalue weighted by Crippen LogP contribution is 2.38. The number of rotatable bonds is 4. The molecule has 1 aliphatic heterocycles. The molecule has 2 heterocycles. The van der Waals surface area contributed by atoms with Crippen molar-refractivity contribution >= 4 is 39.7 Å². The predicted octanol–water partition coefficient (Wildman–Crippen LogP) is 3.76. The van der Waals surface area contributed by atoms with E-state index < -0.39 is 5.91 Å². The van der Waals surface area contributed by atoms with Crippen LogP contribution < -0.4 is 16.3 Å². The van der Waals surface area contributed by atoms with E-state index in [4.69, 9.17) is 22.5 Å². The summed E-state index contributed by atoms with van der Waals surface area (Å²) in [6.07, 6.45) is 0.726. The molecule has 0 spiro atoms. The quantitative estimate of drug-likeness (QED) is 0.399. The molecule has 8 heteroatoms. The van der Waals surface area contributed by atoms with Gasteiger partial charge in [-0.3, -0.25) is 10.2 Å². The molecule has 3 N–H and O–H groups in total. The molecule has 0 fully saturated rings. The van der Waals surface area contributed by atoms with Gasteiger partial charge in [0.25, 0.3) is 5.91 Å². The average Bonchev–Trinajstić information content (AvgIpc) is 3.36. The summed E-state index contributed by atoms with van der Waals surface area (Å²) in [6.45, 7) is 0. The number of amides is 1. The zero-order valence-electron chi connectivity index (χ0n) is 14.2. The highest BCUT2D eigenvalue weighted by molar-refractivity contribution is 7.14. The molecule has 0 saturated heterocycles. The van der Waals surface area contributed by atoms with Gasteiger partial charge in [-0.25, -0.2) is 15.8 Å². The van der Waals surface area contributed by atoms with Gasteiger partial charge in [-0.2, -0.15) is 5.10 Å². The van der Waals surface area contributed by atoms with Gasteiger partial charge in [-0.05, 0) is 23.3 Å².